The van der Waals surface area contributed by atoms with Gasteiger partial charge in [0.05, 0.1) is 19.8 Å². The van der Waals surface area contributed by atoms with Crippen molar-refractivity contribution in [2.75, 3.05) is 39.5 Å². The van der Waals surface area contributed by atoms with Gasteiger partial charge in [-0.3, -0.25) is 0 Å². The molecule has 0 bridgehead atoms. The molecule has 0 unspecified atom stereocenters. The quantitative estimate of drug-likeness (QED) is 0.835. The van der Waals surface area contributed by atoms with E-state index in [1.54, 1.807) is 17.0 Å². The fourth-order valence-corrected chi connectivity index (χ4v) is 1.87. The van der Waals surface area contributed by atoms with Gasteiger partial charge >= 0.3 is 6.03 Å². The second-order valence-electron chi connectivity index (χ2n) is 4.49. The Kier molecular flexibility index (Phi) is 5.61. The number of ether oxygens (including phenoxy) is 2. The summed E-state index contributed by atoms with van der Waals surface area (Å²) in [6.07, 6.45) is 0.702. The highest BCUT2D eigenvalue weighted by atomic mass is 19.1. The molecule has 1 saturated heterocycles. The van der Waals surface area contributed by atoms with Crippen molar-refractivity contribution in [3.63, 3.8) is 0 Å². The van der Waals surface area contributed by atoms with Gasteiger partial charge in [0.15, 0.2) is 0 Å². The van der Waals surface area contributed by atoms with Crippen LogP contribution < -0.4 is 10.1 Å². The van der Waals surface area contributed by atoms with Gasteiger partial charge in [0.25, 0.3) is 0 Å². The van der Waals surface area contributed by atoms with Gasteiger partial charge in [-0.2, -0.15) is 0 Å². The van der Waals surface area contributed by atoms with Gasteiger partial charge in [0.2, 0.25) is 0 Å². The summed E-state index contributed by atoms with van der Waals surface area (Å²) in [5.41, 5.74) is 0. The highest BCUT2D eigenvalue weighted by Gasteiger charge is 2.15. The average Bonchev–Trinajstić information content (AvgIpc) is 2.49. The first-order chi connectivity index (χ1) is 9.75. The lowest BCUT2D eigenvalue weighted by molar-refractivity contribution is 0.0532. The van der Waals surface area contributed by atoms with E-state index in [2.05, 4.69) is 5.32 Å². The Hall–Kier alpha value is -1.82. The maximum Gasteiger partial charge on any atom is 0.317 e. The molecule has 0 aromatic heterocycles. The first-order valence-electron chi connectivity index (χ1n) is 6.74. The summed E-state index contributed by atoms with van der Waals surface area (Å²) in [4.78, 5) is 13.5. The number of nitrogens with one attached hydrogen (secondary N) is 1. The molecule has 6 heteroatoms. The molecule has 1 aromatic carbocycles. The van der Waals surface area contributed by atoms with Crippen molar-refractivity contribution in [2.24, 2.45) is 0 Å². The highest BCUT2D eigenvalue weighted by Crippen LogP contribution is 2.10. The molecule has 0 aliphatic carbocycles. The van der Waals surface area contributed by atoms with Crippen molar-refractivity contribution in [1.29, 1.82) is 0 Å². The lowest BCUT2D eigenvalue weighted by Crippen LogP contribution is -2.46. The van der Waals surface area contributed by atoms with Crippen LogP contribution in [0.4, 0.5) is 9.18 Å². The molecular formula is C14H19FN2O3. The van der Waals surface area contributed by atoms with Gasteiger partial charge < -0.3 is 19.7 Å². The number of morpholine rings is 1. The van der Waals surface area contributed by atoms with Crippen molar-refractivity contribution in [3.8, 4) is 5.75 Å². The van der Waals surface area contributed by atoms with Crippen molar-refractivity contribution < 1.29 is 18.7 Å². The predicted octanol–water partition coefficient (Wildman–Crippen LogP) is 1.64. The third-order valence-electron chi connectivity index (χ3n) is 2.98. The zero-order valence-corrected chi connectivity index (χ0v) is 11.3. The molecule has 1 aromatic rings. The van der Waals surface area contributed by atoms with E-state index in [1.807, 2.05) is 0 Å². The minimum Gasteiger partial charge on any atom is -0.494 e. The summed E-state index contributed by atoms with van der Waals surface area (Å²) in [6, 6.07) is 5.82. The van der Waals surface area contributed by atoms with Gasteiger partial charge in [-0.15, -0.1) is 0 Å². The van der Waals surface area contributed by atoms with Crippen LogP contribution in [-0.2, 0) is 4.74 Å². The molecule has 110 valence electrons. The van der Waals surface area contributed by atoms with Crippen LogP contribution >= 0.6 is 0 Å². The van der Waals surface area contributed by atoms with Gasteiger partial charge in [-0.25, -0.2) is 9.18 Å². The Morgan fingerprint density at radius 1 is 1.30 bits per heavy atom. The Morgan fingerprint density at radius 2 is 2.00 bits per heavy atom. The van der Waals surface area contributed by atoms with Crippen LogP contribution in [0.3, 0.4) is 0 Å². The Balaban J connectivity index is 1.57. The Labute approximate surface area is 117 Å². The van der Waals surface area contributed by atoms with E-state index >= 15 is 0 Å². The van der Waals surface area contributed by atoms with Crippen LogP contribution in [0.15, 0.2) is 24.3 Å². The van der Waals surface area contributed by atoms with Crippen LogP contribution in [0.2, 0.25) is 0 Å². The van der Waals surface area contributed by atoms with Gasteiger partial charge in [0, 0.05) is 19.6 Å². The van der Waals surface area contributed by atoms with E-state index in [0.717, 1.165) is 0 Å². The fourth-order valence-electron chi connectivity index (χ4n) is 1.87. The number of halogens is 1. The molecular weight excluding hydrogens is 263 g/mol. The summed E-state index contributed by atoms with van der Waals surface area (Å²) in [5.74, 6) is 0.348. The summed E-state index contributed by atoms with van der Waals surface area (Å²) < 4.78 is 23.3. The molecule has 0 atom stereocenters. The summed E-state index contributed by atoms with van der Waals surface area (Å²) in [5, 5.41) is 2.84. The van der Waals surface area contributed by atoms with Crippen LogP contribution in [-0.4, -0.2) is 50.4 Å². The summed E-state index contributed by atoms with van der Waals surface area (Å²) >= 11 is 0. The molecule has 1 aliphatic rings. The Bertz CT molecular complexity index is 419. The number of amides is 2. The SMILES string of the molecule is O=C(NCCCOc1ccc(F)cc1)N1CCOCC1. The molecule has 5 nitrogen and oxygen atoms in total. The van der Waals surface area contributed by atoms with Crippen LogP contribution in [0.5, 0.6) is 5.75 Å². The van der Waals surface area contributed by atoms with Crippen LogP contribution in [0, 0.1) is 5.82 Å². The predicted molar refractivity (Wildman–Crippen MR) is 72.3 cm³/mol. The molecule has 0 radical (unpaired) electrons. The largest absolute Gasteiger partial charge is 0.494 e. The smallest absolute Gasteiger partial charge is 0.317 e. The van der Waals surface area contributed by atoms with E-state index in [-0.39, 0.29) is 11.8 Å². The number of nitrogens with zero attached hydrogens (tertiary/aromatic N) is 1. The van der Waals surface area contributed by atoms with Crippen molar-refractivity contribution in [1.82, 2.24) is 10.2 Å². The highest BCUT2D eigenvalue weighted by molar-refractivity contribution is 5.74. The first-order valence-corrected chi connectivity index (χ1v) is 6.74. The molecule has 1 heterocycles. The number of benzene rings is 1. The van der Waals surface area contributed by atoms with E-state index in [0.29, 0.717) is 51.6 Å². The lowest BCUT2D eigenvalue weighted by Gasteiger charge is -2.26. The monoisotopic (exact) mass is 282 g/mol. The lowest BCUT2D eigenvalue weighted by atomic mass is 10.3. The molecule has 1 aliphatic heterocycles. The number of carbonyl (C=O) groups excluding carboxylic acids is 1. The second kappa shape index (κ2) is 7.69. The third kappa shape index (κ3) is 4.70. The summed E-state index contributed by atoms with van der Waals surface area (Å²) in [6.45, 7) is 3.50. The maximum absolute atomic E-state index is 12.7. The van der Waals surface area contributed by atoms with Gasteiger partial charge in [-0.05, 0) is 30.7 Å². The molecule has 1 fully saturated rings. The topological polar surface area (TPSA) is 50.8 Å². The van der Waals surface area contributed by atoms with Crippen molar-refractivity contribution in [2.45, 2.75) is 6.42 Å². The van der Waals surface area contributed by atoms with Crippen LogP contribution in [0.25, 0.3) is 0 Å². The second-order valence-corrected chi connectivity index (χ2v) is 4.49. The molecule has 2 amide bonds. The van der Waals surface area contributed by atoms with E-state index in [9.17, 15) is 9.18 Å². The molecule has 2 rings (SSSR count). The fraction of sp³-hybridized carbons (Fsp3) is 0.500. The first kappa shape index (κ1) is 14.6. The van der Waals surface area contributed by atoms with Gasteiger partial charge in [0.1, 0.15) is 11.6 Å². The third-order valence-corrected chi connectivity index (χ3v) is 2.98. The molecule has 0 spiro atoms. The number of carbonyl (C=O) groups is 1. The molecule has 1 N–H and O–H groups in total. The normalized spacial score (nSPS) is 14.9. The minimum absolute atomic E-state index is 0.0601. The maximum atomic E-state index is 12.7. The summed E-state index contributed by atoms with van der Waals surface area (Å²) in [7, 11) is 0. The minimum atomic E-state index is -0.282. The number of urea groups is 1. The zero-order chi connectivity index (χ0) is 14.2. The number of hydrogen-bond donors (Lipinski definition) is 1. The zero-order valence-electron chi connectivity index (χ0n) is 11.3. The number of hydrogen-bond acceptors (Lipinski definition) is 3. The average molecular weight is 282 g/mol. The van der Waals surface area contributed by atoms with E-state index < -0.39 is 0 Å². The van der Waals surface area contributed by atoms with Crippen molar-refractivity contribution >= 4 is 6.03 Å². The van der Waals surface area contributed by atoms with Gasteiger partial charge in [-0.1, -0.05) is 0 Å². The van der Waals surface area contributed by atoms with E-state index in [1.165, 1.54) is 12.1 Å². The van der Waals surface area contributed by atoms with Crippen LogP contribution in [0.1, 0.15) is 6.42 Å². The Morgan fingerprint density at radius 3 is 2.70 bits per heavy atom. The molecule has 0 saturated carbocycles. The number of rotatable bonds is 5. The van der Waals surface area contributed by atoms with E-state index in [4.69, 9.17) is 9.47 Å². The standard InChI is InChI=1S/C14H19FN2O3/c15-12-2-4-13(5-3-12)20-9-1-6-16-14(18)17-7-10-19-11-8-17/h2-5H,1,6-11H2,(H,16,18). The molecule has 20 heavy (non-hydrogen) atoms. The van der Waals surface area contributed by atoms with Crippen molar-refractivity contribution in [3.05, 3.63) is 30.1 Å².